The van der Waals surface area contributed by atoms with Gasteiger partial charge in [-0.05, 0) is 28.3 Å². The van der Waals surface area contributed by atoms with Gasteiger partial charge < -0.3 is 16.1 Å². The second-order valence-electron chi connectivity index (χ2n) is 5.21. The number of benzene rings is 2. The summed E-state index contributed by atoms with van der Waals surface area (Å²) in [5, 5.41) is 5.64. The number of carbonyl (C=O) groups excluding carboxylic acids is 2. The fourth-order valence-electron chi connectivity index (χ4n) is 2.82. The van der Waals surface area contributed by atoms with Crippen molar-refractivity contribution in [3.05, 3.63) is 47.5 Å². The number of hydrogen-bond donors (Lipinski definition) is 2. The molecule has 0 unspecified atom stereocenters. The van der Waals surface area contributed by atoms with Gasteiger partial charge in [-0.2, -0.15) is 0 Å². The minimum atomic E-state index is -0.155. The molecule has 1 aliphatic carbocycles. The Labute approximate surface area is 128 Å². The average molecular weight is 298 g/mol. The van der Waals surface area contributed by atoms with E-state index >= 15 is 0 Å². The molecule has 0 saturated heterocycles. The molecule has 0 spiro atoms. The van der Waals surface area contributed by atoms with Crippen molar-refractivity contribution in [2.75, 3.05) is 10.6 Å². The van der Waals surface area contributed by atoms with Gasteiger partial charge in [-0.3, -0.25) is 9.59 Å². The van der Waals surface area contributed by atoms with Crippen molar-refractivity contribution in [1.82, 2.24) is 0 Å². The van der Waals surface area contributed by atoms with E-state index in [2.05, 4.69) is 22.8 Å². The van der Waals surface area contributed by atoms with E-state index in [9.17, 15) is 9.59 Å². The summed E-state index contributed by atoms with van der Waals surface area (Å²) in [6.07, 6.45) is 0.758. The second-order valence-corrected chi connectivity index (χ2v) is 5.21. The first-order valence-electron chi connectivity index (χ1n) is 6.85. The summed E-state index contributed by atoms with van der Waals surface area (Å²) in [5.41, 5.74) is 5.93. The maximum Gasteiger partial charge on any atom is 0.221 e. The highest BCUT2D eigenvalue weighted by Crippen LogP contribution is 2.43. The van der Waals surface area contributed by atoms with Crippen LogP contribution in [0.25, 0.3) is 11.1 Å². The van der Waals surface area contributed by atoms with E-state index in [1.54, 1.807) is 0 Å². The molecule has 5 heteroatoms. The van der Waals surface area contributed by atoms with Gasteiger partial charge in [0.15, 0.2) is 0 Å². The topological polar surface area (TPSA) is 89.7 Å². The minimum absolute atomic E-state index is 0. The number of amides is 2. The van der Waals surface area contributed by atoms with Crippen molar-refractivity contribution >= 4 is 23.2 Å². The highest BCUT2D eigenvalue weighted by atomic mass is 16.2. The van der Waals surface area contributed by atoms with Gasteiger partial charge in [-0.15, -0.1) is 0 Å². The van der Waals surface area contributed by atoms with Crippen molar-refractivity contribution in [3.63, 3.8) is 0 Å². The van der Waals surface area contributed by atoms with Crippen molar-refractivity contribution in [2.24, 2.45) is 0 Å². The first-order valence-corrected chi connectivity index (χ1v) is 6.85. The number of carbonyl (C=O) groups is 2. The van der Waals surface area contributed by atoms with Crippen LogP contribution in [0.2, 0.25) is 0 Å². The first kappa shape index (κ1) is 15.7. The molecule has 0 radical (unpaired) electrons. The summed E-state index contributed by atoms with van der Waals surface area (Å²) in [4.78, 5) is 22.8. The van der Waals surface area contributed by atoms with Crippen molar-refractivity contribution in [3.8, 4) is 11.1 Å². The Balaban J connectivity index is 0.00000176. The van der Waals surface area contributed by atoms with Gasteiger partial charge in [0, 0.05) is 20.3 Å². The maximum absolute atomic E-state index is 11.5. The van der Waals surface area contributed by atoms with Crippen LogP contribution in [-0.4, -0.2) is 17.3 Å². The second kappa shape index (κ2) is 5.99. The predicted molar refractivity (Wildman–Crippen MR) is 86.9 cm³/mol. The smallest absolute Gasteiger partial charge is 0.221 e. The zero-order chi connectivity index (χ0) is 15.0. The molecule has 22 heavy (non-hydrogen) atoms. The van der Waals surface area contributed by atoms with Gasteiger partial charge >= 0.3 is 0 Å². The molecule has 2 amide bonds. The molecule has 0 fully saturated rings. The average Bonchev–Trinajstić information content (AvgIpc) is 2.79. The minimum Gasteiger partial charge on any atom is -0.412 e. The van der Waals surface area contributed by atoms with Gasteiger partial charge in [0.2, 0.25) is 11.8 Å². The van der Waals surface area contributed by atoms with E-state index in [0.29, 0.717) is 11.4 Å². The Hall–Kier alpha value is -2.66. The van der Waals surface area contributed by atoms with E-state index in [4.69, 9.17) is 0 Å². The van der Waals surface area contributed by atoms with Crippen molar-refractivity contribution < 1.29 is 15.1 Å². The summed E-state index contributed by atoms with van der Waals surface area (Å²) in [6.45, 7) is 2.93. The Morgan fingerprint density at radius 2 is 1.59 bits per heavy atom. The van der Waals surface area contributed by atoms with Crippen LogP contribution >= 0.6 is 0 Å². The lowest BCUT2D eigenvalue weighted by Crippen LogP contribution is -2.13. The standard InChI is InChI=1S/C17H16N2O2.H2O/c1-10(20)18-16-8-7-14-13-6-4-3-5-12(13)9-15(14)17(16)19-11(2)21;/h3-8H,9H2,1-2H3,(H,18,20)(H,19,21);1H2. The molecule has 0 bridgehead atoms. The molecule has 0 atom stereocenters. The number of rotatable bonds is 2. The third-order valence-corrected chi connectivity index (χ3v) is 3.60. The Kier molecular flexibility index (Phi) is 4.28. The molecule has 0 aliphatic heterocycles. The molecule has 1 aliphatic rings. The first-order chi connectivity index (χ1) is 10.1. The van der Waals surface area contributed by atoms with Crippen LogP contribution < -0.4 is 10.6 Å². The summed E-state index contributed by atoms with van der Waals surface area (Å²) < 4.78 is 0. The maximum atomic E-state index is 11.5. The van der Waals surface area contributed by atoms with E-state index in [1.807, 2.05) is 24.3 Å². The third kappa shape index (κ3) is 2.71. The molecule has 4 N–H and O–H groups in total. The van der Waals surface area contributed by atoms with Crippen LogP contribution in [0.5, 0.6) is 0 Å². The third-order valence-electron chi connectivity index (χ3n) is 3.60. The number of hydrogen-bond acceptors (Lipinski definition) is 2. The zero-order valence-electron chi connectivity index (χ0n) is 12.5. The Bertz CT molecular complexity index is 754. The van der Waals surface area contributed by atoms with Gasteiger partial charge in [0.05, 0.1) is 11.4 Å². The highest BCUT2D eigenvalue weighted by molar-refractivity contribution is 6.02. The molecular formula is C17H18N2O3. The Morgan fingerprint density at radius 3 is 2.27 bits per heavy atom. The summed E-state index contributed by atoms with van der Waals surface area (Å²) >= 11 is 0. The normalized spacial score (nSPS) is 11.0. The zero-order valence-corrected chi connectivity index (χ0v) is 12.5. The van der Waals surface area contributed by atoms with Gasteiger partial charge in [0.1, 0.15) is 0 Å². The van der Waals surface area contributed by atoms with Crippen molar-refractivity contribution in [1.29, 1.82) is 0 Å². The highest BCUT2D eigenvalue weighted by Gasteiger charge is 2.23. The van der Waals surface area contributed by atoms with E-state index in [0.717, 1.165) is 17.5 Å². The molecule has 0 aromatic heterocycles. The van der Waals surface area contributed by atoms with Crippen LogP contribution in [0.15, 0.2) is 36.4 Å². The van der Waals surface area contributed by atoms with Gasteiger partial charge in [-0.25, -0.2) is 0 Å². The van der Waals surface area contributed by atoms with E-state index in [-0.39, 0.29) is 17.3 Å². The lowest BCUT2D eigenvalue weighted by atomic mass is 10.0. The summed E-state index contributed by atoms with van der Waals surface area (Å²) in [5.74, 6) is -0.303. The van der Waals surface area contributed by atoms with E-state index in [1.165, 1.54) is 25.0 Å². The van der Waals surface area contributed by atoms with E-state index < -0.39 is 0 Å². The number of anilines is 2. The quantitative estimate of drug-likeness (QED) is 0.760. The lowest BCUT2D eigenvalue weighted by Gasteiger charge is -2.15. The predicted octanol–water partition coefficient (Wildman–Crippen LogP) is 2.35. The molecule has 2 aromatic carbocycles. The SMILES string of the molecule is CC(=O)Nc1ccc2c(c1NC(C)=O)Cc1ccccc1-2.O. The van der Waals surface area contributed by atoms with Crippen LogP contribution in [0.3, 0.4) is 0 Å². The molecule has 0 saturated carbocycles. The van der Waals surface area contributed by atoms with Gasteiger partial charge in [0.25, 0.3) is 0 Å². The van der Waals surface area contributed by atoms with Crippen LogP contribution in [0.1, 0.15) is 25.0 Å². The Morgan fingerprint density at radius 1 is 0.909 bits per heavy atom. The molecule has 5 nitrogen and oxygen atoms in total. The molecule has 3 rings (SSSR count). The van der Waals surface area contributed by atoms with Crippen molar-refractivity contribution in [2.45, 2.75) is 20.3 Å². The van der Waals surface area contributed by atoms with Crippen LogP contribution in [0.4, 0.5) is 11.4 Å². The summed E-state index contributed by atoms with van der Waals surface area (Å²) in [7, 11) is 0. The fraction of sp³-hybridized carbons (Fsp3) is 0.176. The fourth-order valence-corrected chi connectivity index (χ4v) is 2.82. The van der Waals surface area contributed by atoms with Crippen LogP contribution in [-0.2, 0) is 16.0 Å². The molecule has 2 aromatic rings. The molecular weight excluding hydrogens is 280 g/mol. The number of nitrogens with one attached hydrogen (secondary N) is 2. The lowest BCUT2D eigenvalue weighted by molar-refractivity contribution is -0.115. The van der Waals surface area contributed by atoms with Gasteiger partial charge in [-0.1, -0.05) is 30.3 Å². The largest absolute Gasteiger partial charge is 0.412 e. The monoisotopic (exact) mass is 298 g/mol. The van der Waals surface area contributed by atoms with Crippen LogP contribution in [0, 0.1) is 0 Å². The number of fused-ring (bicyclic) bond motifs is 3. The molecule has 114 valence electrons. The summed E-state index contributed by atoms with van der Waals surface area (Å²) in [6, 6.07) is 12.0. The molecule has 0 heterocycles.